The Bertz CT molecular complexity index is 768. The molecule has 1 aromatic heterocycles. The summed E-state index contributed by atoms with van der Waals surface area (Å²) in [4.78, 5) is 17.5. The second-order valence-corrected chi connectivity index (χ2v) is 6.43. The van der Waals surface area contributed by atoms with E-state index in [0.717, 1.165) is 16.9 Å². The monoisotopic (exact) mass is 356 g/mol. The van der Waals surface area contributed by atoms with Gasteiger partial charge in [-0.3, -0.25) is 4.79 Å². The first kappa shape index (κ1) is 18.2. The second-order valence-electron chi connectivity index (χ2n) is 6.43. The van der Waals surface area contributed by atoms with Crippen molar-refractivity contribution >= 4 is 11.6 Å². The van der Waals surface area contributed by atoms with Crippen molar-refractivity contribution in [1.82, 2.24) is 4.98 Å². The molecule has 3 rings (SSSR count). The van der Waals surface area contributed by atoms with Crippen LogP contribution in [0.2, 0.25) is 0 Å². The van der Waals surface area contributed by atoms with Gasteiger partial charge in [-0.15, -0.1) is 0 Å². The molecule has 1 N–H and O–H groups in total. The molecule has 1 amide bonds. The lowest BCUT2D eigenvalue weighted by molar-refractivity contribution is -0.125. The SMILES string of the molecule is COc1ccc(C2(C(=O)Nc3cnc(OC)c(C)c3)CCOCC2)cc1. The molecule has 1 aromatic carbocycles. The van der Waals surface area contributed by atoms with Crippen molar-refractivity contribution in [3.05, 3.63) is 47.7 Å². The summed E-state index contributed by atoms with van der Waals surface area (Å²) in [5.74, 6) is 1.28. The molecule has 0 aliphatic carbocycles. The van der Waals surface area contributed by atoms with Crippen LogP contribution in [0.4, 0.5) is 5.69 Å². The van der Waals surface area contributed by atoms with Gasteiger partial charge in [-0.05, 0) is 43.5 Å². The van der Waals surface area contributed by atoms with Crippen LogP contribution in [-0.2, 0) is 14.9 Å². The Labute approximate surface area is 153 Å². The first-order valence-electron chi connectivity index (χ1n) is 8.63. The number of aromatic nitrogens is 1. The van der Waals surface area contributed by atoms with Crippen LogP contribution in [0, 0.1) is 6.92 Å². The molecule has 1 saturated heterocycles. The van der Waals surface area contributed by atoms with E-state index in [1.54, 1.807) is 20.4 Å². The summed E-state index contributed by atoms with van der Waals surface area (Å²) in [5, 5.41) is 3.03. The maximum Gasteiger partial charge on any atom is 0.235 e. The minimum Gasteiger partial charge on any atom is -0.497 e. The molecule has 0 radical (unpaired) electrons. The third-order valence-corrected chi connectivity index (χ3v) is 4.91. The van der Waals surface area contributed by atoms with Crippen LogP contribution in [0.15, 0.2) is 36.5 Å². The molecule has 0 saturated carbocycles. The molecule has 0 bridgehead atoms. The summed E-state index contributed by atoms with van der Waals surface area (Å²) in [6.45, 7) is 3.01. The number of methoxy groups -OCH3 is 2. The fourth-order valence-electron chi connectivity index (χ4n) is 3.37. The van der Waals surface area contributed by atoms with Crippen LogP contribution in [0.1, 0.15) is 24.0 Å². The van der Waals surface area contributed by atoms with Gasteiger partial charge in [-0.1, -0.05) is 12.1 Å². The standard InChI is InChI=1S/C20H24N2O4/c1-14-12-16(13-21-18(14)25-3)22-19(23)20(8-10-26-11-9-20)15-4-6-17(24-2)7-5-15/h4-7,12-13H,8-11H2,1-3H3,(H,22,23). The Balaban J connectivity index is 1.89. The molecule has 6 heteroatoms. The maximum atomic E-state index is 13.3. The van der Waals surface area contributed by atoms with Crippen LogP contribution >= 0.6 is 0 Å². The first-order valence-corrected chi connectivity index (χ1v) is 8.63. The number of nitrogens with one attached hydrogen (secondary N) is 1. The van der Waals surface area contributed by atoms with Gasteiger partial charge in [0.1, 0.15) is 5.75 Å². The number of nitrogens with zero attached hydrogens (tertiary/aromatic N) is 1. The predicted octanol–water partition coefficient (Wildman–Crippen LogP) is 3.09. The van der Waals surface area contributed by atoms with Gasteiger partial charge in [0.15, 0.2) is 0 Å². The van der Waals surface area contributed by atoms with Crippen LogP contribution in [0.25, 0.3) is 0 Å². The molecule has 2 heterocycles. The van der Waals surface area contributed by atoms with Crippen molar-refractivity contribution in [3.8, 4) is 11.6 Å². The largest absolute Gasteiger partial charge is 0.497 e. The highest BCUT2D eigenvalue weighted by molar-refractivity contribution is 5.99. The highest BCUT2D eigenvalue weighted by Crippen LogP contribution is 2.37. The Hall–Kier alpha value is -2.60. The molecule has 2 aromatic rings. The van der Waals surface area contributed by atoms with E-state index in [4.69, 9.17) is 14.2 Å². The van der Waals surface area contributed by atoms with E-state index < -0.39 is 5.41 Å². The zero-order valence-electron chi connectivity index (χ0n) is 15.4. The lowest BCUT2D eigenvalue weighted by atomic mass is 9.73. The summed E-state index contributed by atoms with van der Waals surface area (Å²) in [5.41, 5.74) is 1.87. The number of pyridine rings is 1. The van der Waals surface area contributed by atoms with E-state index in [1.807, 2.05) is 37.3 Å². The van der Waals surface area contributed by atoms with Gasteiger partial charge in [0.05, 0.1) is 31.5 Å². The Morgan fingerprint density at radius 3 is 2.42 bits per heavy atom. The normalized spacial score (nSPS) is 16.0. The van der Waals surface area contributed by atoms with Crippen molar-refractivity contribution in [2.75, 3.05) is 32.8 Å². The average Bonchev–Trinajstić information content (AvgIpc) is 2.68. The van der Waals surface area contributed by atoms with Crippen LogP contribution in [0.3, 0.4) is 0 Å². The summed E-state index contributed by atoms with van der Waals surface area (Å²) in [6.07, 6.45) is 2.88. The van der Waals surface area contributed by atoms with E-state index in [-0.39, 0.29) is 5.91 Å². The third kappa shape index (κ3) is 3.51. The van der Waals surface area contributed by atoms with Crippen LogP contribution in [-0.4, -0.2) is 38.3 Å². The van der Waals surface area contributed by atoms with Crippen molar-refractivity contribution in [2.24, 2.45) is 0 Å². The molecule has 0 spiro atoms. The van der Waals surface area contributed by atoms with Gasteiger partial charge in [0.2, 0.25) is 11.8 Å². The number of anilines is 1. The Kier molecular flexibility index (Phi) is 5.42. The van der Waals surface area contributed by atoms with Crippen molar-refractivity contribution in [2.45, 2.75) is 25.2 Å². The van der Waals surface area contributed by atoms with Crippen molar-refractivity contribution in [1.29, 1.82) is 0 Å². The van der Waals surface area contributed by atoms with Gasteiger partial charge >= 0.3 is 0 Å². The van der Waals surface area contributed by atoms with Gasteiger partial charge in [-0.25, -0.2) is 4.98 Å². The number of carbonyl (C=O) groups is 1. The molecule has 138 valence electrons. The number of carbonyl (C=O) groups excluding carboxylic acids is 1. The molecule has 1 fully saturated rings. The minimum atomic E-state index is -0.627. The number of rotatable bonds is 5. The molecule has 26 heavy (non-hydrogen) atoms. The lowest BCUT2D eigenvalue weighted by Gasteiger charge is -2.36. The molecule has 0 unspecified atom stereocenters. The van der Waals surface area contributed by atoms with Crippen molar-refractivity contribution < 1.29 is 19.0 Å². The minimum absolute atomic E-state index is 0.0441. The van der Waals surface area contributed by atoms with E-state index in [2.05, 4.69) is 10.3 Å². The number of hydrogen-bond acceptors (Lipinski definition) is 5. The fourth-order valence-corrected chi connectivity index (χ4v) is 3.37. The number of amides is 1. The molecule has 6 nitrogen and oxygen atoms in total. The van der Waals surface area contributed by atoms with E-state index >= 15 is 0 Å². The summed E-state index contributed by atoms with van der Waals surface area (Å²) in [7, 11) is 3.21. The zero-order valence-corrected chi connectivity index (χ0v) is 15.4. The quantitative estimate of drug-likeness (QED) is 0.891. The number of hydrogen-bond donors (Lipinski definition) is 1. The van der Waals surface area contributed by atoms with Gasteiger partial charge in [-0.2, -0.15) is 0 Å². The molecule has 1 aliphatic rings. The number of benzene rings is 1. The predicted molar refractivity (Wildman–Crippen MR) is 98.9 cm³/mol. The summed E-state index contributed by atoms with van der Waals surface area (Å²) in [6, 6.07) is 9.56. The average molecular weight is 356 g/mol. The molecular weight excluding hydrogens is 332 g/mol. The molecule has 0 atom stereocenters. The third-order valence-electron chi connectivity index (χ3n) is 4.91. The van der Waals surface area contributed by atoms with Crippen LogP contribution < -0.4 is 14.8 Å². The fraction of sp³-hybridized carbons (Fsp3) is 0.400. The van der Waals surface area contributed by atoms with Crippen LogP contribution in [0.5, 0.6) is 11.6 Å². The smallest absolute Gasteiger partial charge is 0.235 e. The maximum absolute atomic E-state index is 13.3. The topological polar surface area (TPSA) is 69.7 Å². The van der Waals surface area contributed by atoms with E-state index in [1.165, 1.54) is 0 Å². The lowest BCUT2D eigenvalue weighted by Crippen LogP contribution is -2.44. The highest BCUT2D eigenvalue weighted by Gasteiger charge is 2.41. The molecule has 1 aliphatic heterocycles. The van der Waals surface area contributed by atoms with Crippen molar-refractivity contribution in [3.63, 3.8) is 0 Å². The highest BCUT2D eigenvalue weighted by atomic mass is 16.5. The summed E-state index contributed by atoms with van der Waals surface area (Å²) >= 11 is 0. The number of aryl methyl sites for hydroxylation is 1. The van der Waals surface area contributed by atoms with Gasteiger partial charge < -0.3 is 19.5 Å². The van der Waals surface area contributed by atoms with E-state index in [0.29, 0.717) is 37.6 Å². The Morgan fingerprint density at radius 2 is 1.85 bits per heavy atom. The Morgan fingerprint density at radius 1 is 1.15 bits per heavy atom. The van der Waals surface area contributed by atoms with Gasteiger partial charge in [0.25, 0.3) is 0 Å². The van der Waals surface area contributed by atoms with E-state index in [9.17, 15) is 4.79 Å². The number of ether oxygens (including phenoxy) is 3. The second kappa shape index (κ2) is 7.74. The summed E-state index contributed by atoms with van der Waals surface area (Å²) < 4.78 is 15.9. The molecular formula is C20H24N2O4. The zero-order chi connectivity index (χ0) is 18.6. The van der Waals surface area contributed by atoms with Gasteiger partial charge in [0, 0.05) is 18.8 Å². The first-order chi connectivity index (χ1) is 12.6.